The zero-order valence-corrected chi connectivity index (χ0v) is 11.9. The van der Waals surface area contributed by atoms with Crippen molar-refractivity contribution >= 4 is 5.91 Å². The van der Waals surface area contributed by atoms with Gasteiger partial charge in [-0.05, 0) is 19.3 Å². The number of aromatic amines is 1. The first kappa shape index (κ1) is 15.3. The van der Waals surface area contributed by atoms with Crippen LogP contribution in [0.15, 0.2) is 12.4 Å². The number of nitrogens with zero attached hydrogens (tertiary/aromatic N) is 2. The molecule has 0 saturated carbocycles. The van der Waals surface area contributed by atoms with Gasteiger partial charge in [-0.1, -0.05) is 0 Å². The number of rotatable bonds is 2. The van der Waals surface area contributed by atoms with Gasteiger partial charge >= 0.3 is 6.18 Å². The van der Waals surface area contributed by atoms with Crippen LogP contribution in [0.1, 0.15) is 31.0 Å². The standard InChI is InChI=1S/C13H18F3N5O/c14-13(15,16)10-7-9(19-20-10)12(22)21-5-1-8(2-6-21)11-17-3-4-18-11/h3-4,8-10,19-20H,1-2,5-7H2,(H,17,18). The predicted molar refractivity (Wildman–Crippen MR) is 71.7 cm³/mol. The highest BCUT2D eigenvalue weighted by Gasteiger charge is 2.46. The summed E-state index contributed by atoms with van der Waals surface area (Å²) >= 11 is 0. The van der Waals surface area contributed by atoms with Crippen molar-refractivity contribution in [2.75, 3.05) is 13.1 Å². The quantitative estimate of drug-likeness (QED) is 0.758. The zero-order valence-electron chi connectivity index (χ0n) is 11.9. The van der Waals surface area contributed by atoms with E-state index in [2.05, 4.69) is 20.8 Å². The Kier molecular flexibility index (Phi) is 4.09. The molecule has 2 aliphatic rings. The summed E-state index contributed by atoms with van der Waals surface area (Å²) in [6, 6.07) is -2.48. The molecular weight excluding hydrogens is 299 g/mol. The van der Waals surface area contributed by atoms with E-state index in [1.54, 1.807) is 17.3 Å². The number of carbonyl (C=O) groups is 1. The number of aromatic nitrogens is 2. The minimum Gasteiger partial charge on any atom is -0.348 e. The molecule has 2 aliphatic heterocycles. The summed E-state index contributed by atoms with van der Waals surface area (Å²) in [7, 11) is 0. The molecule has 2 fully saturated rings. The van der Waals surface area contributed by atoms with Crippen LogP contribution in [-0.4, -0.2) is 52.1 Å². The molecule has 2 saturated heterocycles. The second-order valence-corrected chi connectivity index (χ2v) is 5.75. The Bertz CT molecular complexity index is 510. The van der Waals surface area contributed by atoms with E-state index in [0.29, 0.717) is 13.1 Å². The number of H-pyrrole nitrogens is 1. The van der Waals surface area contributed by atoms with Gasteiger partial charge in [0, 0.05) is 31.4 Å². The fourth-order valence-electron chi connectivity index (χ4n) is 3.03. The maximum Gasteiger partial charge on any atom is 0.405 e. The topological polar surface area (TPSA) is 73.1 Å². The number of amides is 1. The highest BCUT2D eigenvalue weighted by molar-refractivity contribution is 5.82. The van der Waals surface area contributed by atoms with E-state index in [4.69, 9.17) is 0 Å². The van der Waals surface area contributed by atoms with E-state index >= 15 is 0 Å². The molecule has 3 heterocycles. The highest BCUT2D eigenvalue weighted by atomic mass is 19.4. The first-order valence-corrected chi connectivity index (χ1v) is 7.31. The number of hydrogen-bond donors (Lipinski definition) is 3. The molecule has 22 heavy (non-hydrogen) atoms. The van der Waals surface area contributed by atoms with Crippen LogP contribution in [0, 0.1) is 0 Å². The van der Waals surface area contributed by atoms with Gasteiger partial charge in [-0.3, -0.25) is 4.79 Å². The summed E-state index contributed by atoms with van der Waals surface area (Å²) in [6.07, 6.45) is 0.384. The number of nitrogens with one attached hydrogen (secondary N) is 3. The Morgan fingerprint density at radius 2 is 2.00 bits per heavy atom. The first-order valence-electron chi connectivity index (χ1n) is 7.31. The molecule has 3 N–H and O–H groups in total. The Morgan fingerprint density at radius 3 is 2.55 bits per heavy atom. The normalized spacial score (nSPS) is 27.3. The van der Waals surface area contributed by atoms with Crippen molar-refractivity contribution in [3.63, 3.8) is 0 Å². The lowest BCUT2D eigenvalue weighted by molar-refractivity contribution is -0.153. The van der Waals surface area contributed by atoms with Gasteiger partial charge in [0.25, 0.3) is 0 Å². The fraction of sp³-hybridized carbons (Fsp3) is 0.692. The molecule has 3 rings (SSSR count). The second-order valence-electron chi connectivity index (χ2n) is 5.75. The van der Waals surface area contributed by atoms with Gasteiger partial charge in [0.05, 0.1) is 0 Å². The first-order chi connectivity index (χ1) is 10.4. The fourth-order valence-corrected chi connectivity index (χ4v) is 3.03. The van der Waals surface area contributed by atoms with Gasteiger partial charge in [-0.2, -0.15) is 13.2 Å². The zero-order chi connectivity index (χ0) is 15.7. The molecule has 0 aromatic carbocycles. The third kappa shape index (κ3) is 3.09. The number of hydrazine groups is 1. The Hall–Kier alpha value is -1.61. The van der Waals surface area contributed by atoms with Crippen molar-refractivity contribution in [1.82, 2.24) is 25.7 Å². The molecule has 0 aliphatic carbocycles. The van der Waals surface area contributed by atoms with Gasteiger partial charge in [-0.25, -0.2) is 15.8 Å². The second kappa shape index (κ2) is 5.88. The van der Waals surface area contributed by atoms with E-state index in [-0.39, 0.29) is 18.2 Å². The lowest BCUT2D eigenvalue weighted by atomic mass is 9.95. The van der Waals surface area contributed by atoms with Crippen molar-refractivity contribution in [3.05, 3.63) is 18.2 Å². The molecule has 0 bridgehead atoms. The van der Waals surface area contributed by atoms with Crippen molar-refractivity contribution < 1.29 is 18.0 Å². The van der Waals surface area contributed by atoms with Crippen LogP contribution in [0.2, 0.25) is 0 Å². The average Bonchev–Trinajstić information content (AvgIpc) is 3.17. The Balaban J connectivity index is 1.52. The van der Waals surface area contributed by atoms with Gasteiger partial charge in [0.15, 0.2) is 0 Å². The predicted octanol–water partition coefficient (Wildman–Crippen LogP) is 0.913. The summed E-state index contributed by atoms with van der Waals surface area (Å²) in [4.78, 5) is 21.2. The van der Waals surface area contributed by atoms with E-state index in [1.165, 1.54) is 0 Å². The SMILES string of the molecule is O=C(C1CC(C(F)(F)F)NN1)N1CCC(c2ncc[nH]2)CC1. The van der Waals surface area contributed by atoms with Crippen LogP contribution in [0.25, 0.3) is 0 Å². The van der Waals surface area contributed by atoms with Crippen LogP contribution < -0.4 is 10.9 Å². The van der Waals surface area contributed by atoms with Gasteiger partial charge in [0.2, 0.25) is 5.91 Å². The van der Waals surface area contributed by atoms with Crippen LogP contribution in [-0.2, 0) is 4.79 Å². The largest absolute Gasteiger partial charge is 0.405 e. The van der Waals surface area contributed by atoms with Crippen LogP contribution >= 0.6 is 0 Å². The number of likely N-dealkylation sites (tertiary alicyclic amines) is 1. The minimum atomic E-state index is -4.34. The molecule has 9 heteroatoms. The highest BCUT2D eigenvalue weighted by Crippen LogP contribution is 2.28. The molecule has 0 spiro atoms. The van der Waals surface area contributed by atoms with Crippen LogP contribution in [0.5, 0.6) is 0 Å². The Morgan fingerprint density at radius 1 is 1.27 bits per heavy atom. The number of halogens is 3. The molecule has 2 atom stereocenters. The summed E-state index contributed by atoms with van der Waals surface area (Å²) in [5, 5.41) is 0. The van der Waals surface area contributed by atoms with Crippen molar-refractivity contribution in [2.24, 2.45) is 0 Å². The molecule has 1 aromatic heterocycles. The number of hydrogen-bond acceptors (Lipinski definition) is 4. The summed E-state index contributed by atoms with van der Waals surface area (Å²) < 4.78 is 37.8. The smallest absolute Gasteiger partial charge is 0.348 e. The average molecular weight is 317 g/mol. The van der Waals surface area contributed by atoms with E-state index in [9.17, 15) is 18.0 Å². The molecule has 0 radical (unpaired) electrons. The maximum atomic E-state index is 12.6. The maximum absolute atomic E-state index is 12.6. The van der Waals surface area contributed by atoms with E-state index in [0.717, 1.165) is 18.7 Å². The molecule has 2 unspecified atom stereocenters. The molecule has 1 aromatic rings. The Labute approximate surface area is 125 Å². The molecular formula is C13H18F3N5O. The summed E-state index contributed by atoms with van der Waals surface area (Å²) in [5.74, 6) is 0.915. The lowest BCUT2D eigenvalue weighted by Crippen LogP contribution is -2.48. The van der Waals surface area contributed by atoms with E-state index < -0.39 is 18.3 Å². The van der Waals surface area contributed by atoms with Gasteiger partial charge in [-0.15, -0.1) is 0 Å². The van der Waals surface area contributed by atoms with Crippen molar-refractivity contribution in [3.8, 4) is 0 Å². The van der Waals surface area contributed by atoms with Crippen LogP contribution in [0.3, 0.4) is 0 Å². The monoisotopic (exact) mass is 317 g/mol. The van der Waals surface area contributed by atoms with Crippen molar-refractivity contribution in [1.29, 1.82) is 0 Å². The molecule has 1 amide bonds. The van der Waals surface area contributed by atoms with Gasteiger partial charge in [0.1, 0.15) is 17.9 Å². The summed E-state index contributed by atoms with van der Waals surface area (Å²) in [5.41, 5.74) is 4.63. The van der Waals surface area contributed by atoms with Crippen molar-refractivity contribution in [2.45, 2.75) is 43.4 Å². The minimum absolute atomic E-state index is 0.263. The molecule has 122 valence electrons. The van der Waals surface area contributed by atoms with E-state index in [1.807, 2.05) is 0 Å². The lowest BCUT2D eigenvalue weighted by Gasteiger charge is -2.32. The number of piperidine rings is 1. The third-order valence-electron chi connectivity index (χ3n) is 4.31. The third-order valence-corrected chi connectivity index (χ3v) is 4.31. The number of alkyl halides is 3. The number of carbonyl (C=O) groups excluding carboxylic acids is 1. The molecule has 6 nitrogen and oxygen atoms in total. The van der Waals surface area contributed by atoms with Crippen LogP contribution in [0.4, 0.5) is 13.2 Å². The summed E-state index contributed by atoms with van der Waals surface area (Å²) in [6.45, 7) is 1.08. The number of imidazole rings is 1. The van der Waals surface area contributed by atoms with Gasteiger partial charge < -0.3 is 9.88 Å².